The van der Waals surface area contributed by atoms with Gasteiger partial charge in [-0.1, -0.05) is 6.07 Å². The third kappa shape index (κ3) is 1.21. The molecule has 5 nitrogen and oxygen atoms in total. The van der Waals surface area contributed by atoms with Crippen LogP contribution < -0.4 is 0 Å². The molecule has 2 aliphatic heterocycles. The van der Waals surface area contributed by atoms with Gasteiger partial charge < -0.3 is 14.6 Å². The number of aromatic nitrogens is 1. The van der Waals surface area contributed by atoms with E-state index in [4.69, 9.17) is 9.47 Å². The molecule has 0 aliphatic carbocycles. The molecule has 0 atom stereocenters. The van der Waals surface area contributed by atoms with Gasteiger partial charge in [0.15, 0.2) is 0 Å². The first-order chi connectivity index (χ1) is 8.21. The Morgan fingerprint density at radius 3 is 2.29 bits per heavy atom. The first-order valence-corrected chi connectivity index (χ1v) is 5.52. The largest absolute Gasteiger partial charge is 0.481 e. The van der Waals surface area contributed by atoms with Crippen LogP contribution in [0, 0.1) is 5.41 Å². The number of carboxylic acid groups (broad SMARTS) is 1. The molecular formula is C12H13NO4. The van der Waals surface area contributed by atoms with Gasteiger partial charge in [0, 0.05) is 6.20 Å². The van der Waals surface area contributed by atoms with Crippen molar-refractivity contribution in [1.29, 1.82) is 0 Å². The Morgan fingerprint density at radius 1 is 1.24 bits per heavy atom. The highest BCUT2D eigenvalue weighted by atomic mass is 16.5. The normalized spacial score (nSPS) is 24.5. The molecule has 0 bridgehead atoms. The van der Waals surface area contributed by atoms with Gasteiger partial charge in [-0.3, -0.25) is 9.78 Å². The lowest BCUT2D eigenvalue weighted by atomic mass is 9.58. The fourth-order valence-corrected chi connectivity index (χ4v) is 2.53. The van der Waals surface area contributed by atoms with E-state index in [2.05, 4.69) is 4.98 Å². The molecule has 2 fully saturated rings. The van der Waals surface area contributed by atoms with E-state index in [1.165, 1.54) is 0 Å². The van der Waals surface area contributed by atoms with Crippen LogP contribution in [0.2, 0.25) is 0 Å². The van der Waals surface area contributed by atoms with Gasteiger partial charge in [0.1, 0.15) is 5.41 Å². The van der Waals surface area contributed by atoms with Crippen LogP contribution in [0.1, 0.15) is 5.69 Å². The molecule has 0 aromatic carbocycles. The van der Waals surface area contributed by atoms with Gasteiger partial charge in [-0.05, 0) is 12.1 Å². The second kappa shape index (κ2) is 3.51. The number of pyridine rings is 1. The highest BCUT2D eigenvalue weighted by Gasteiger charge is 2.66. The number of nitrogens with zero attached hydrogens (tertiary/aromatic N) is 1. The van der Waals surface area contributed by atoms with Crippen LogP contribution in [-0.4, -0.2) is 42.5 Å². The second-order valence-electron chi connectivity index (χ2n) is 4.67. The molecule has 1 aromatic rings. The highest BCUT2D eigenvalue weighted by molar-refractivity contribution is 5.79. The van der Waals surface area contributed by atoms with Crippen molar-refractivity contribution in [3.63, 3.8) is 0 Å². The van der Waals surface area contributed by atoms with E-state index in [1.54, 1.807) is 6.20 Å². The fraction of sp³-hybridized carbons (Fsp3) is 0.500. The molecule has 0 amide bonds. The molecule has 5 heteroatoms. The molecule has 2 saturated heterocycles. The maximum absolute atomic E-state index is 11.6. The van der Waals surface area contributed by atoms with Crippen LogP contribution in [0.4, 0.5) is 0 Å². The van der Waals surface area contributed by atoms with E-state index in [1.807, 2.05) is 18.2 Å². The van der Waals surface area contributed by atoms with Gasteiger partial charge in [-0.2, -0.15) is 0 Å². The van der Waals surface area contributed by atoms with Crippen LogP contribution >= 0.6 is 0 Å². The van der Waals surface area contributed by atoms with Crippen LogP contribution in [0.5, 0.6) is 0 Å². The summed E-state index contributed by atoms with van der Waals surface area (Å²) < 4.78 is 10.4. The Kier molecular flexibility index (Phi) is 2.21. The van der Waals surface area contributed by atoms with Gasteiger partial charge in [0.05, 0.1) is 37.5 Å². The zero-order valence-electron chi connectivity index (χ0n) is 9.26. The van der Waals surface area contributed by atoms with Crippen molar-refractivity contribution < 1.29 is 19.4 Å². The van der Waals surface area contributed by atoms with E-state index in [0.29, 0.717) is 13.2 Å². The monoisotopic (exact) mass is 235 g/mol. The summed E-state index contributed by atoms with van der Waals surface area (Å²) in [6.45, 7) is 1.28. The van der Waals surface area contributed by atoms with Crippen LogP contribution in [0.25, 0.3) is 0 Å². The Balaban J connectivity index is 2.06. The van der Waals surface area contributed by atoms with Crippen molar-refractivity contribution in [2.45, 2.75) is 5.41 Å². The fourth-order valence-electron chi connectivity index (χ4n) is 2.53. The van der Waals surface area contributed by atoms with Crippen molar-refractivity contribution in [3.05, 3.63) is 30.1 Å². The van der Waals surface area contributed by atoms with Gasteiger partial charge in [-0.15, -0.1) is 0 Å². The lowest BCUT2D eigenvalue weighted by molar-refractivity contribution is -0.237. The zero-order valence-corrected chi connectivity index (χ0v) is 9.26. The number of carbonyl (C=O) groups is 1. The first-order valence-electron chi connectivity index (χ1n) is 5.52. The molecule has 0 saturated carbocycles. The third-order valence-corrected chi connectivity index (χ3v) is 3.87. The summed E-state index contributed by atoms with van der Waals surface area (Å²) in [4.78, 5) is 15.9. The molecule has 0 radical (unpaired) electrons. The maximum atomic E-state index is 11.6. The third-order valence-electron chi connectivity index (χ3n) is 3.87. The quantitative estimate of drug-likeness (QED) is 0.823. The Morgan fingerprint density at radius 2 is 1.94 bits per heavy atom. The van der Waals surface area contributed by atoms with Crippen molar-refractivity contribution in [2.75, 3.05) is 26.4 Å². The molecule has 0 unspecified atom stereocenters. The minimum Gasteiger partial charge on any atom is -0.481 e. The Bertz CT molecular complexity index is 437. The van der Waals surface area contributed by atoms with Crippen LogP contribution in [-0.2, 0) is 19.7 Å². The Hall–Kier alpha value is -1.46. The highest BCUT2D eigenvalue weighted by Crippen LogP contribution is 2.51. The summed E-state index contributed by atoms with van der Waals surface area (Å²) in [5, 5.41) is 9.48. The summed E-state index contributed by atoms with van der Waals surface area (Å²) in [5.41, 5.74) is -0.616. The standard InChI is InChI=1S/C12H13NO4/c14-10(15)12(7-17-8-12)11(5-16-6-11)9-3-1-2-4-13-9/h1-4H,5-8H2,(H,14,15). The summed E-state index contributed by atoms with van der Waals surface area (Å²) in [6, 6.07) is 5.56. The van der Waals surface area contributed by atoms with Crippen LogP contribution in [0.15, 0.2) is 24.4 Å². The number of rotatable bonds is 3. The van der Waals surface area contributed by atoms with Crippen molar-refractivity contribution in [3.8, 4) is 0 Å². The van der Waals surface area contributed by atoms with Crippen molar-refractivity contribution >= 4 is 5.97 Å². The van der Waals surface area contributed by atoms with E-state index < -0.39 is 16.8 Å². The first kappa shape index (κ1) is 10.7. The molecule has 3 rings (SSSR count). The number of carboxylic acids is 1. The second-order valence-corrected chi connectivity index (χ2v) is 4.67. The van der Waals surface area contributed by atoms with Crippen molar-refractivity contribution in [1.82, 2.24) is 4.98 Å². The van der Waals surface area contributed by atoms with E-state index in [0.717, 1.165) is 5.69 Å². The zero-order chi connectivity index (χ0) is 11.9. The average molecular weight is 235 g/mol. The van der Waals surface area contributed by atoms with Crippen molar-refractivity contribution in [2.24, 2.45) is 5.41 Å². The minimum atomic E-state index is -0.875. The summed E-state index contributed by atoms with van der Waals surface area (Å²) >= 11 is 0. The Labute approximate surface area is 98.4 Å². The molecule has 2 aliphatic rings. The number of aliphatic carboxylic acids is 1. The SMILES string of the molecule is O=C(O)C1(C2(c3ccccn3)COC2)COC1. The maximum Gasteiger partial charge on any atom is 0.315 e. The lowest BCUT2D eigenvalue weighted by Crippen LogP contribution is -2.70. The minimum absolute atomic E-state index is 0.238. The summed E-state index contributed by atoms with van der Waals surface area (Å²) in [5.74, 6) is -0.822. The van der Waals surface area contributed by atoms with Crippen LogP contribution in [0.3, 0.4) is 0 Å². The van der Waals surface area contributed by atoms with E-state index >= 15 is 0 Å². The van der Waals surface area contributed by atoms with E-state index in [-0.39, 0.29) is 13.2 Å². The van der Waals surface area contributed by atoms with Gasteiger partial charge in [0.2, 0.25) is 0 Å². The smallest absolute Gasteiger partial charge is 0.315 e. The molecule has 3 heterocycles. The van der Waals surface area contributed by atoms with Gasteiger partial charge in [0.25, 0.3) is 0 Å². The van der Waals surface area contributed by atoms with Gasteiger partial charge in [-0.25, -0.2) is 0 Å². The molecular weight excluding hydrogens is 222 g/mol. The topological polar surface area (TPSA) is 68.7 Å². The summed E-state index contributed by atoms with van der Waals surface area (Å²) in [7, 11) is 0. The van der Waals surface area contributed by atoms with Gasteiger partial charge >= 0.3 is 5.97 Å². The number of hydrogen-bond donors (Lipinski definition) is 1. The number of ether oxygens (including phenoxy) is 2. The molecule has 0 spiro atoms. The molecule has 1 N–H and O–H groups in total. The predicted molar refractivity (Wildman–Crippen MR) is 57.6 cm³/mol. The predicted octanol–water partition coefficient (Wildman–Crippen LogP) is 0.451. The molecule has 1 aromatic heterocycles. The molecule has 90 valence electrons. The summed E-state index contributed by atoms with van der Waals surface area (Å²) in [6.07, 6.45) is 1.68. The van der Waals surface area contributed by atoms with E-state index in [9.17, 15) is 9.90 Å². The lowest BCUT2D eigenvalue weighted by Gasteiger charge is -2.55. The molecule has 17 heavy (non-hydrogen) atoms. The average Bonchev–Trinajstić information content (AvgIpc) is 2.21. The number of hydrogen-bond acceptors (Lipinski definition) is 4.